The molecule has 0 spiro atoms. The van der Waals surface area contributed by atoms with Gasteiger partial charge >= 0.3 is 0 Å². The SMILES string of the molecule is CCN1CCN(c2ccccc2NC(=O)CC2COCCN2)CC1. The van der Waals surface area contributed by atoms with E-state index in [-0.39, 0.29) is 11.9 Å². The highest BCUT2D eigenvalue weighted by Gasteiger charge is 2.20. The Morgan fingerprint density at radius 2 is 2.08 bits per heavy atom. The molecule has 1 aromatic carbocycles. The van der Waals surface area contributed by atoms with Crippen molar-refractivity contribution in [3.8, 4) is 0 Å². The third kappa shape index (κ3) is 4.47. The molecule has 132 valence electrons. The van der Waals surface area contributed by atoms with Crippen LogP contribution >= 0.6 is 0 Å². The molecule has 2 aliphatic rings. The number of piperazine rings is 1. The molecule has 2 saturated heterocycles. The Morgan fingerprint density at radius 3 is 2.79 bits per heavy atom. The summed E-state index contributed by atoms with van der Waals surface area (Å²) >= 11 is 0. The lowest BCUT2D eigenvalue weighted by Crippen LogP contribution is -2.46. The zero-order chi connectivity index (χ0) is 16.8. The zero-order valence-electron chi connectivity index (χ0n) is 14.5. The molecular weight excluding hydrogens is 304 g/mol. The Bertz CT molecular complexity index is 538. The van der Waals surface area contributed by atoms with Gasteiger partial charge in [-0.3, -0.25) is 4.79 Å². The molecule has 1 unspecified atom stereocenters. The summed E-state index contributed by atoms with van der Waals surface area (Å²) in [5.41, 5.74) is 2.03. The van der Waals surface area contributed by atoms with E-state index in [1.165, 1.54) is 0 Å². The van der Waals surface area contributed by atoms with Crippen molar-refractivity contribution < 1.29 is 9.53 Å². The number of carbonyl (C=O) groups excluding carboxylic acids is 1. The molecule has 0 saturated carbocycles. The normalized spacial score (nSPS) is 22.4. The van der Waals surface area contributed by atoms with Crippen LogP contribution in [0.15, 0.2) is 24.3 Å². The number of carbonyl (C=O) groups is 1. The lowest BCUT2D eigenvalue weighted by molar-refractivity contribution is -0.117. The minimum atomic E-state index is 0.0395. The number of hydrogen-bond donors (Lipinski definition) is 2. The van der Waals surface area contributed by atoms with E-state index in [0.29, 0.717) is 13.0 Å². The first-order valence-corrected chi connectivity index (χ1v) is 8.93. The highest BCUT2D eigenvalue weighted by molar-refractivity contribution is 5.94. The highest BCUT2D eigenvalue weighted by atomic mass is 16.5. The van der Waals surface area contributed by atoms with Crippen LogP contribution in [0.1, 0.15) is 13.3 Å². The van der Waals surface area contributed by atoms with Crippen molar-refractivity contribution in [2.75, 3.05) is 62.7 Å². The van der Waals surface area contributed by atoms with Crippen LogP contribution in [0.3, 0.4) is 0 Å². The fourth-order valence-corrected chi connectivity index (χ4v) is 3.34. The number of amides is 1. The average Bonchev–Trinajstić information content (AvgIpc) is 2.63. The molecule has 1 aromatic rings. The van der Waals surface area contributed by atoms with Crippen LogP contribution < -0.4 is 15.5 Å². The van der Waals surface area contributed by atoms with Gasteiger partial charge in [0.1, 0.15) is 0 Å². The van der Waals surface area contributed by atoms with E-state index in [1.54, 1.807) is 0 Å². The minimum absolute atomic E-state index is 0.0395. The molecule has 0 aromatic heterocycles. The number of likely N-dealkylation sites (N-methyl/N-ethyl adjacent to an activating group) is 1. The summed E-state index contributed by atoms with van der Waals surface area (Å²) in [5, 5.41) is 6.41. The molecule has 2 heterocycles. The molecule has 24 heavy (non-hydrogen) atoms. The molecule has 0 bridgehead atoms. The van der Waals surface area contributed by atoms with Crippen LogP contribution in [0.5, 0.6) is 0 Å². The van der Waals surface area contributed by atoms with Gasteiger partial charge in [0.05, 0.1) is 24.6 Å². The van der Waals surface area contributed by atoms with Crippen molar-refractivity contribution in [2.45, 2.75) is 19.4 Å². The molecule has 6 nitrogen and oxygen atoms in total. The highest BCUT2D eigenvalue weighted by Crippen LogP contribution is 2.26. The monoisotopic (exact) mass is 332 g/mol. The van der Waals surface area contributed by atoms with Gasteiger partial charge in [-0.05, 0) is 18.7 Å². The fourth-order valence-electron chi connectivity index (χ4n) is 3.34. The van der Waals surface area contributed by atoms with Gasteiger partial charge in [0.2, 0.25) is 5.91 Å². The summed E-state index contributed by atoms with van der Waals surface area (Å²) in [5.74, 6) is 0.0395. The molecule has 0 aliphatic carbocycles. The number of para-hydroxylation sites is 2. The van der Waals surface area contributed by atoms with Gasteiger partial charge in [-0.15, -0.1) is 0 Å². The Kier molecular flexibility index (Phi) is 6.07. The van der Waals surface area contributed by atoms with E-state index in [1.807, 2.05) is 18.2 Å². The van der Waals surface area contributed by atoms with Crippen molar-refractivity contribution in [2.24, 2.45) is 0 Å². The van der Waals surface area contributed by atoms with Gasteiger partial charge < -0.3 is 25.2 Å². The van der Waals surface area contributed by atoms with Gasteiger partial charge in [-0.1, -0.05) is 19.1 Å². The quantitative estimate of drug-likeness (QED) is 0.847. The van der Waals surface area contributed by atoms with Crippen molar-refractivity contribution >= 4 is 17.3 Å². The van der Waals surface area contributed by atoms with Gasteiger partial charge in [0.15, 0.2) is 0 Å². The molecular formula is C18H28N4O2. The number of nitrogens with one attached hydrogen (secondary N) is 2. The van der Waals surface area contributed by atoms with Crippen LogP contribution in [-0.2, 0) is 9.53 Å². The Morgan fingerprint density at radius 1 is 1.29 bits per heavy atom. The first-order chi connectivity index (χ1) is 11.8. The van der Waals surface area contributed by atoms with Crippen molar-refractivity contribution in [1.82, 2.24) is 10.2 Å². The lowest BCUT2D eigenvalue weighted by Gasteiger charge is -2.36. The number of hydrogen-bond acceptors (Lipinski definition) is 5. The number of rotatable bonds is 5. The Balaban J connectivity index is 1.60. The number of nitrogens with zero attached hydrogens (tertiary/aromatic N) is 2. The third-order valence-electron chi connectivity index (χ3n) is 4.77. The summed E-state index contributed by atoms with van der Waals surface area (Å²) in [6, 6.07) is 8.21. The number of morpholine rings is 1. The van der Waals surface area contributed by atoms with Crippen molar-refractivity contribution in [3.63, 3.8) is 0 Å². The Hall–Kier alpha value is -1.63. The number of anilines is 2. The van der Waals surface area contributed by atoms with E-state index in [0.717, 1.165) is 57.3 Å². The smallest absolute Gasteiger partial charge is 0.226 e. The fraction of sp³-hybridized carbons (Fsp3) is 0.611. The summed E-state index contributed by atoms with van der Waals surface area (Å²) in [4.78, 5) is 17.2. The first kappa shape index (κ1) is 17.2. The first-order valence-electron chi connectivity index (χ1n) is 8.93. The molecule has 1 atom stereocenters. The number of benzene rings is 1. The zero-order valence-corrected chi connectivity index (χ0v) is 14.5. The molecule has 2 fully saturated rings. The maximum atomic E-state index is 12.4. The van der Waals surface area contributed by atoms with E-state index in [2.05, 4.69) is 33.4 Å². The summed E-state index contributed by atoms with van der Waals surface area (Å²) in [6.45, 7) is 9.59. The van der Waals surface area contributed by atoms with E-state index >= 15 is 0 Å². The lowest BCUT2D eigenvalue weighted by atomic mass is 10.1. The van der Waals surface area contributed by atoms with Gasteiger partial charge in [-0.2, -0.15) is 0 Å². The number of ether oxygens (including phenoxy) is 1. The van der Waals surface area contributed by atoms with Crippen LogP contribution in [0, 0.1) is 0 Å². The molecule has 6 heteroatoms. The topological polar surface area (TPSA) is 56.8 Å². The molecule has 0 radical (unpaired) electrons. The maximum absolute atomic E-state index is 12.4. The minimum Gasteiger partial charge on any atom is -0.378 e. The van der Waals surface area contributed by atoms with Gasteiger partial charge in [-0.25, -0.2) is 0 Å². The van der Waals surface area contributed by atoms with Crippen LogP contribution in [0.4, 0.5) is 11.4 Å². The molecule has 1 amide bonds. The van der Waals surface area contributed by atoms with Gasteiger partial charge in [0.25, 0.3) is 0 Å². The van der Waals surface area contributed by atoms with E-state index in [9.17, 15) is 4.79 Å². The summed E-state index contributed by atoms with van der Waals surface area (Å²) in [7, 11) is 0. The standard InChI is InChI=1S/C18H28N4O2/c1-2-21-8-10-22(11-9-21)17-6-4-3-5-16(17)20-18(23)13-15-14-24-12-7-19-15/h3-6,15,19H,2,7-14H2,1H3,(H,20,23). The average molecular weight is 332 g/mol. The molecule has 2 aliphatic heterocycles. The largest absolute Gasteiger partial charge is 0.378 e. The second-order valence-electron chi connectivity index (χ2n) is 6.42. The van der Waals surface area contributed by atoms with Crippen LogP contribution in [0.2, 0.25) is 0 Å². The second-order valence-corrected chi connectivity index (χ2v) is 6.42. The third-order valence-corrected chi connectivity index (χ3v) is 4.77. The Labute approximate surface area is 144 Å². The summed E-state index contributed by atoms with van der Waals surface area (Å²) in [6.07, 6.45) is 0.442. The van der Waals surface area contributed by atoms with Crippen LogP contribution in [0.25, 0.3) is 0 Å². The molecule has 2 N–H and O–H groups in total. The van der Waals surface area contributed by atoms with E-state index in [4.69, 9.17) is 4.74 Å². The summed E-state index contributed by atoms with van der Waals surface area (Å²) < 4.78 is 5.42. The maximum Gasteiger partial charge on any atom is 0.226 e. The second kappa shape index (κ2) is 8.46. The predicted octanol–water partition coefficient (Wildman–Crippen LogP) is 1.15. The van der Waals surface area contributed by atoms with Gasteiger partial charge in [0, 0.05) is 45.2 Å². The van der Waals surface area contributed by atoms with Crippen LogP contribution in [-0.4, -0.2) is 69.3 Å². The van der Waals surface area contributed by atoms with Crippen molar-refractivity contribution in [1.29, 1.82) is 0 Å². The van der Waals surface area contributed by atoms with Crippen molar-refractivity contribution in [3.05, 3.63) is 24.3 Å². The van der Waals surface area contributed by atoms with E-state index < -0.39 is 0 Å². The predicted molar refractivity (Wildman–Crippen MR) is 96.6 cm³/mol. The molecule has 3 rings (SSSR count).